The van der Waals surface area contributed by atoms with Crippen LogP contribution in [0.2, 0.25) is 5.02 Å². The second-order valence-electron chi connectivity index (χ2n) is 34.4. The first-order valence-corrected chi connectivity index (χ1v) is 44.1. The maximum absolute atomic E-state index is 16.9. The molecule has 10 aromatic heterocycles. The normalized spacial score (nSPS) is 16.5. The predicted molar refractivity (Wildman–Crippen MR) is 499 cm³/mol. The molecule has 666 valence electrons. The highest BCUT2D eigenvalue weighted by atomic mass is 35.5. The molecule has 3 amide bonds. The number of pyridine rings is 4. The van der Waals surface area contributed by atoms with Crippen LogP contribution in [0.3, 0.4) is 0 Å². The van der Waals surface area contributed by atoms with Gasteiger partial charge < -0.3 is 43.6 Å². The minimum atomic E-state index is -0.642. The van der Waals surface area contributed by atoms with Gasteiger partial charge in [-0.15, -0.1) is 0 Å². The Bertz CT molecular complexity index is 7170. The van der Waals surface area contributed by atoms with Crippen LogP contribution in [0.1, 0.15) is 106 Å². The van der Waals surface area contributed by atoms with Crippen LogP contribution in [-0.4, -0.2) is 208 Å². The zero-order valence-electron chi connectivity index (χ0n) is 73.6. The fraction of sp³-hybridized carbons (Fsp3) is 0.299. The Kier molecular flexibility index (Phi) is 22.4. The molecule has 3 atom stereocenters. The van der Waals surface area contributed by atoms with Crippen LogP contribution in [-0.2, 0) is 14.4 Å². The zero-order valence-corrected chi connectivity index (χ0v) is 74.3. The Labute approximate surface area is 753 Å². The minimum absolute atomic E-state index is 0.00576. The number of fused-ring (bicyclic) bond motifs is 9. The minimum Gasteiger partial charge on any atom is -0.489 e. The number of aromatic amines is 3. The lowest BCUT2D eigenvalue weighted by Crippen LogP contribution is -2.56. The van der Waals surface area contributed by atoms with Gasteiger partial charge in [0.05, 0.1) is 94.9 Å². The van der Waals surface area contributed by atoms with Crippen molar-refractivity contribution in [1.29, 1.82) is 0 Å². The Morgan fingerprint density at radius 2 is 0.817 bits per heavy atom. The van der Waals surface area contributed by atoms with Gasteiger partial charge in [-0.1, -0.05) is 127 Å². The Hall–Kier alpha value is -14.9. The lowest BCUT2D eigenvalue weighted by Gasteiger charge is -2.43. The molecule has 3 N–H and O–H groups in total. The molecule has 0 bridgehead atoms. The Morgan fingerprint density at radius 1 is 0.450 bits per heavy atom. The summed E-state index contributed by atoms with van der Waals surface area (Å²) in [7, 11) is 0. The summed E-state index contributed by atoms with van der Waals surface area (Å²) in [4.78, 5) is 124. The van der Waals surface area contributed by atoms with Gasteiger partial charge in [0, 0.05) is 111 Å². The smallest absolute Gasteiger partial charge is 0.355 e. The van der Waals surface area contributed by atoms with Crippen molar-refractivity contribution < 1.29 is 37.4 Å². The van der Waals surface area contributed by atoms with Crippen molar-refractivity contribution in [3.05, 3.63) is 241 Å². The van der Waals surface area contributed by atoms with Gasteiger partial charge in [0.1, 0.15) is 56.6 Å². The fourth-order valence-corrected chi connectivity index (χ4v) is 19.5. The van der Waals surface area contributed by atoms with E-state index in [2.05, 4.69) is 98.0 Å². The van der Waals surface area contributed by atoms with Crippen LogP contribution in [0.5, 0.6) is 17.2 Å². The largest absolute Gasteiger partial charge is 0.489 e. The van der Waals surface area contributed by atoms with E-state index in [9.17, 15) is 28.8 Å². The summed E-state index contributed by atoms with van der Waals surface area (Å²) >= 11 is 7.23. The van der Waals surface area contributed by atoms with E-state index < -0.39 is 28.7 Å². The number of benzene rings is 5. The third-order valence-corrected chi connectivity index (χ3v) is 26.0. The predicted octanol–water partition coefficient (Wildman–Crippen LogP) is 14.2. The number of para-hydroxylation sites is 2. The molecular formula is C97H93ClF2N22O9. The molecule has 131 heavy (non-hydrogen) atoms. The third kappa shape index (κ3) is 14.6. The van der Waals surface area contributed by atoms with Crippen molar-refractivity contribution in [3.63, 3.8) is 0 Å². The van der Waals surface area contributed by atoms with E-state index in [4.69, 9.17) is 40.8 Å². The number of aryl methyl sites for hydroxylation is 3. The first-order chi connectivity index (χ1) is 63.3. The maximum atomic E-state index is 16.9. The van der Waals surface area contributed by atoms with Crippen LogP contribution in [0, 0.1) is 32.4 Å². The average Bonchev–Trinajstić information content (AvgIpc) is 1.59. The van der Waals surface area contributed by atoms with Gasteiger partial charge in [-0.25, -0.2) is 51.8 Å². The number of ether oxygens (including phenoxy) is 3. The average molecular weight is 1780 g/mol. The number of amides is 3. The molecule has 0 spiro atoms. The van der Waals surface area contributed by atoms with Crippen molar-refractivity contribution in [2.24, 2.45) is 0 Å². The van der Waals surface area contributed by atoms with Crippen molar-refractivity contribution in [3.8, 4) is 68.1 Å². The Balaban J connectivity index is 0.000000127. The third-order valence-electron chi connectivity index (χ3n) is 25.7. The highest BCUT2D eigenvalue weighted by Gasteiger charge is 2.42. The molecule has 3 saturated heterocycles. The van der Waals surface area contributed by atoms with E-state index >= 15 is 8.78 Å². The van der Waals surface area contributed by atoms with Gasteiger partial charge >= 0.3 is 17.1 Å². The number of aromatic nitrogens is 16. The molecule has 3 fully saturated rings. The second-order valence-corrected chi connectivity index (χ2v) is 34.8. The number of anilines is 3. The SMILES string of the molecule is C=CC(=O)N1CCN2c3nc(=O)n(-c4ccccc4C(C)C)c4nc(-c5c(C)ccc6[nH]ncc56)c(Cl)c(c34)OCC2C1.C=CC(=O)N1CCN2c3nc(=O)n(-c4ccccc4C(C)C)c4nc(-c5c(C)ccc6[nH]ncc56)c(F)c(c34)OCCC2C1.C=CC(=O)N1CCN2c3nc(=O)n(-c4cccnc4C(C)C)c4nc(-c5c(C)ccc6[nH]ncc56)c(F)c(c34)OCCC2C1. The molecule has 3 unspecified atom stereocenters. The van der Waals surface area contributed by atoms with E-state index in [0.29, 0.717) is 166 Å². The number of hydrogen-bond donors (Lipinski definition) is 3. The first kappa shape index (κ1) is 85.5. The Morgan fingerprint density at radius 3 is 1.22 bits per heavy atom. The number of halogens is 3. The first-order valence-electron chi connectivity index (χ1n) is 43.7. The summed E-state index contributed by atoms with van der Waals surface area (Å²) in [6, 6.07) is 29.8. The van der Waals surface area contributed by atoms with Gasteiger partial charge in [0.25, 0.3) is 0 Å². The topological polar surface area (TPSA) is 341 Å². The molecule has 0 aliphatic carbocycles. The van der Waals surface area contributed by atoms with Gasteiger partial charge in [-0.3, -0.25) is 34.7 Å². The van der Waals surface area contributed by atoms with Gasteiger partial charge in [-0.2, -0.15) is 30.2 Å². The summed E-state index contributed by atoms with van der Waals surface area (Å²) in [5.74, 6) is -0.0784. The molecule has 15 aromatic rings. The number of H-pyrrole nitrogens is 3. The number of piperazine rings is 3. The molecule has 6 aliphatic rings. The molecule has 0 saturated carbocycles. The zero-order chi connectivity index (χ0) is 91.4. The van der Waals surface area contributed by atoms with Crippen molar-refractivity contribution >= 4 is 113 Å². The van der Waals surface area contributed by atoms with Gasteiger partial charge in [0.15, 0.2) is 45.8 Å². The molecular weight excluding hydrogens is 1690 g/mol. The fourth-order valence-electron chi connectivity index (χ4n) is 19.2. The monoisotopic (exact) mass is 1780 g/mol. The molecule has 6 aliphatic heterocycles. The van der Waals surface area contributed by atoms with Gasteiger partial charge in [-0.05, 0) is 127 Å². The van der Waals surface area contributed by atoms with E-state index in [1.54, 1.807) is 56.2 Å². The maximum Gasteiger partial charge on any atom is 0.355 e. The number of nitrogens with zero attached hydrogens (tertiary/aromatic N) is 19. The van der Waals surface area contributed by atoms with Crippen molar-refractivity contribution in [2.75, 3.05) is 93.4 Å². The number of hydrogen-bond acceptors (Lipinski definition) is 22. The summed E-state index contributed by atoms with van der Waals surface area (Å²) in [6.45, 7) is 33.3. The number of carbonyl (C=O) groups is 3. The number of rotatable bonds is 12. The summed E-state index contributed by atoms with van der Waals surface area (Å²) in [5, 5.41) is 25.3. The molecule has 21 rings (SSSR count). The second kappa shape index (κ2) is 34.3. The van der Waals surface area contributed by atoms with Crippen molar-refractivity contribution in [1.82, 2.24) is 93.9 Å². The number of carbonyl (C=O) groups excluding carboxylic acids is 3. The highest BCUT2D eigenvalue weighted by molar-refractivity contribution is 6.36. The summed E-state index contributed by atoms with van der Waals surface area (Å²) in [6.07, 6.45) is 11.6. The van der Waals surface area contributed by atoms with Crippen LogP contribution < -0.4 is 46.0 Å². The lowest BCUT2D eigenvalue weighted by atomic mass is 9.99. The van der Waals surface area contributed by atoms with Crippen LogP contribution in [0.4, 0.5) is 26.2 Å². The molecule has 16 heterocycles. The van der Waals surface area contributed by atoms with E-state index in [1.165, 1.54) is 27.4 Å². The lowest BCUT2D eigenvalue weighted by molar-refractivity contribution is -0.127. The molecule has 31 nitrogen and oxygen atoms in total. The van der Waals surface area contributed by atoms with E-state index in [0.717, 1.165) is 55.3 Å². The van der Waals surface area contributed by atoms with Crippen LogP contribution in [0.25, 0.3) is 117 Å². The quantitative estimate of drug-likeness (QED) is 0.0956. The van der Waals surface area contributed by atoms with Crippen LogP contribution >= 0.6 is 11.6 Å². The molecule has 5 aromatic carbocycles. The van der Waals surface area contributed by atoms with Crippen molar-refractivity contribution in [2.45, 2.75) is 111 Å². The molecule has 0 radical (unpaired) electrons. The van der Waals surface area contributed by atoms with Gasteiger partial charge in [0.2, 0.25) is 17.7 Å². The van der Waals surface area contributed by atoms with E-state index in [-0.39, 0.29) is 113 Å². The summed E-state index contributed by atoms with van der Waals surface area (Å²) in [5.41, 5.74) is 11.1. The highest BCUT2D eigenvalue weighted by Crippen LogP contribution is 2.50. The summed E-state index contributed by atoms with van der Waals surface area (Å²) < 4.78 is 57.3. The standard InChI is InChI=1S/C33H32FN7O3.C32H30ClN7O3.C32H31FN8O3/c1-5-25(42)39-13-14-40-20(17-39)12-15-44-30-27-31(40)37-33(43)41(24-9-7-6-8-21(24)18(2)3)32(27)36-29(28(30)34)26-19(4)10-11-23-22(26)16-35-38-23;1-5-24(41)38-12-13-39-19(15-38)16-43-29-26-30(39)36-32(42)40(23-9-7-6-8-20(23)17(2)3)31(26)35-28(27(29)33)25-18(4)10-11-22-21(25)14-34-37-22;1-5-23(42)39-12-13-40-19(16-39)10-14-44-29-25-30(40)37-32(43)41(22-7-6-11-34-27(22)17(2)3)31(25)36-28(26(29)33)24-18(4)8-9-21-20(24)15-35-38-21/h5-11,16,18,20H,1,12-15,17H2,2-4H3,(H,35,38);5-11,14,17,19H,1,12-13,15-16H2,2-4H3,(H,34,37);5-9,11,15,17,19H,1,10,12-14,16H2,2-4H3,(H,35,38). The van der Waals surface area contributed by atoms with E-state index in [1.807, 2.05) is 134 Å². The number of nitrogens with one attached hydrogen (secondary N) is 3. The molecule has 34 heteroatoms. The van der Waals surface area contributed by atoms with Crippen LogP contribution in [0.15, 0.2) is 174 Å².